The van der Waals surface area contributed by atoms with Crippen molar-refractivity contribution in [3.63, 3.8) is 0 Å². The predicted octanol–water partition coefficient (Wildman–Crippen LogP) is 3.09. The third-order valence-corrected chi connectivity index (χ3v) is 6.36. The Balaban J connectivity index is 0.00000312. The lowest BCUT2D eigenvalue weighted by atomic mass is 9.56. The number of ether oxygens (including phenoxy) is 1. The maximum Gasteiger partial charge on any atom is 0.191 e. The van der Waals surface area contributed by atoms with Crippen LogP contribution in [-0.2, 0) is 4.74 Å². The molecule has 25 heavy (non-hydrogen) atoms. The molecule has 1 saturated heterocycles. The molecule has 5 nitrogen and oxygen atoms in total. The molecule has 0 bridgehead atoms. The fourth-order valence-corrected chi connectivity index (χ4v) is 4.03. The molecular formula is C19H39IN4O. The Morgan fingerprint density at radius 1 is 1.20 bits per heavy atom. The number of guanidine groups is 1. The molecule has 2 aliphatic rings. The molecule has 0 aromatic heterocycles. The van der Waals surface area contributed by atoms with Crippen molar-refractivity contribution in [1.82, 2.24) is 15.5 Å². The second kappa shape index (κ2) is 9.22. The average molecular weight is 466 g/mol. The smallest absolute Gasteiger partial charge is 0.191 e. The molecule has 148 valence electrons. The highest BCUT2D eigenvalue weighted by Gasteiger charge is 2.58. The van der Waals surface area contributed by atoms with E-state index in [1.165, 1.54) is 32.5 Å². The normalized spacial score (nSPS) is 30.6. The number of hydrogen-bond donors (Lipinski definition) is 2. The van der Waals surface area contributed by atoms with Gasteiger partial charge in [0.1, 0.15) is 0 Å². The third-order valence-electron chi connectivity index (χ3n) is 6.36. The van der Waals surface area contributed by atoms with Gasteiger partial charge in [-0.25, -0.2) is 0 Å². The third kappa shape index (κ3) is 5.22. The predicted molar refractivity (Wildman–Crippen MR) is 117 cm³/mol. The van der Waals surface area contributed by atoms with Crippen LogP contribution in [0.2, 0.25) is 0 Å². The van der Waals surface area contributed by atoms with E-state index in [-0.39, 0.29) is 35.0 Å². The summed E-state index contributed by atoms with van der Waals surface area (Å²) in [6.07, 6.45) is 3.40. The minimum absolute atomic E-state index is 0. The molecule has 2 rings (SSSR count). The van der Waals surface area contributed by atoms with E-state index in [0.717, 1.165) is 18.3 Å². The molecule has 6 heteroatoms. The van der Waals surface area contributed by atoms with E-state index in [4.69, 9.17) is 4.74 Å². The Hall–Kier alpha value is -0.0800. The number of hydrogen-bond acceptors (Lipinski definition) is 3. The zero-order chi connectivity index (χ0) is 18.0. The summed E-state index contributed by atoms with van der Waals surface area (Å²) in [7, 11) is 3.68. The molecular weight excluding hydrogens is 427 g/mol. The van der Waals surface area contributed by atoms with Crippen LogP contribution in [0.3, 0.4) is 0 Å². The van der Waals surface area contributed by atoms with E-state index in [0.29, 0.717) is 12.1 Å². The van der Waals surface area contributed by atoms with Crippen molar-refractivity contribution in [2.45, 2.75) is 71.6 Å². The fraction of sp³-hybridized carbons (Fsp3) is 0.947. The van der Waals surface area contributed by atoms with Gasteiger partial charge in [-0.1, -0.05) is 27.7 Å². The molecule has 0 aromatic carbocycles. The van der Waals surface area contributed by atoms with Gasteiger partial charge in [0.15, 0.2) is 5.96 Å². The summed E-state index contributed by atoms with van der Waals surface area (Å²) in [6.45, 7) is 14.9. The number of piperidine rings is 1. The number of methoxy groups -OCH3 is 1. The largest absolute Gasteiger partial charge is 0.378 e. The van der Waals surface area contributed by atoms with Gasteiger partial charge < -0.3 is 20.3 Å². The minimum Gasteiger partial charge on any atom is -0.378 e. The number of nitrogens with zero attached hydrogens (tertiary/aromatic N) is 2. The Morgan fingerprint density at radius 3 is 2.24 bits per heavy atom. The van der Waals surface area contributed by atoms with Gasteiger partial charge >= 0.3 is 0 Å². The van der Waals surface area contributed by atoms with Crippen molar-refractivity contribution in [2.75, 3.05) is 33.8 Å². The van der Waals surface area contributed by atoms with Crippen LogP contribution in [0.15, 0.2) is 4.99 Å². The van der Waals surface area contributed by atoms with Crippen LogP contribution in [0.5, 0.6) is 0 Å². The van der Waals surface area contributed by atoms with Crippen molar-refractivity contribution in [1.29, 1.82) is 0 Å². The molecule has 0 amide bonds. The van der Waals surface area contributed by atoms with Gasteiger partial charge in [0.2, 0.25) is 0 Å². The maximum absolute atomic E-state index is 5.72. The maximum atomic E-state index is 5.72. The standard InChI is InChI=1S/C19H38N4O.HI/c1-14(2)13-23-10-8-15(9-11-23)21-17(20-6)22-16-12-19(5,24-7)18(16,3)4;/h14-16H,8-13H2,1-7H3,(H2,20,21,22);1H. The van der Waals surface area contributed by atoms with Crippen molar-refractivity contribution in [3.05, 3.63) is 0 Å². The lowest BCUT2D eigenvalue weighted by Crippen LogP contribution is -2.69. The zero-order valence-electron chi connectivity index (χ0n) is 17.2. The van der Waals surface area contributed by atoms with Crippen LogP contribution in [-0.4, -0.2) is 62.3 Å². The molecule has 2 fully saturated rings. The number of likely N-dealkylation sites (tertiary alicyclic amines) is 1. The summed E-state index contributed by atoms with van der Waals surface area (Å²) in [4.78, 5) is 7.03. The number of rotatable bonds is 5. The minimum atomic E-state index is -0.0499. The summed E-state index contributed by atoms with van der Waals surface area (Å²) in [6, 6.07) is 0.922. The second-order valence-electron chi connectivity index (χ2n) is 8.74. The van der Waals surface area contributed by atoms with E-state index in [1.807, 2.05) is 14.2 Å². The highest BCUT2D eigenvalue weighted by Crippen LogP contribution is 2.51. The Kier molecular flexibility index (Phi) is 8.47. The molecule has 0 aromatic rings. The molecule has 2 atom stereocenters. The van der Waals surface area contributed by atoms with Crippen LogP contribution in [0.25, 0.3) is 0 Å². The second-order valence-corrected chi connectivity index (χ2v) is 8.74. The summed E-state index contributed by atoms with van der Waals surface area (Å²) >= 11 is 0. The fourth-order valence-electron chi connectivity index (χ4n) is 4.03. The summed E-state index contributed by atoms with van der Waals surface area (Å²) in [5.74, 6) is 1.69. The topological polar surface area (TPSA) is 48.9 Å². The van der Waals surface area contributed by atoms with E-state index >= 15 is 0 Å². The van der Waals surface area contributed by atoms with Crippen LogP contribution in [0.1, 0.15) is 53.9 Å². The lowest BCUT2D eigenvalue weighted by Gasteiger charge is -2.59. The quantitative estimate of drug-likeness (QED) is 0.372. The number of halogens is 1. The molecule has 1 saturated carbocycles. The average Bonchev–Trinajstić information content (AvgIpc) is 2.54. The molecule has 0 spiro atoms. The van der Waals surface area contributed by atoms with Crippen molar-refractivity contribution >= 4 is 29.9 Å². The lowest BCUT2D eigenvalue weighted by molar-refractivity contribution is -0.176. The molecule has 1 aliphatic heterocycles. The van der Waals surface area contributed by atoms with Crippen molar-refractivity contribution in [2.24, 2.45) is 16.3 Å². The number of aliphatic imine (C=N–C) groups is 1. The molecule has 2 unspecified atom stereocenters. The van der Waals surface area contributed by atoms with E-state index < -0.39 is 0 Å². The Morgan fingerprint density at radius 2 is 1.80 bits per heavy atom. The zero-order valence-corrected chi connectivity index (χ0v) is 19.5. The van der Waals surface area contributed by atoms with Gasteiger partial charge in [-0.3, -0.25) is 4.99 Å². The van der Waals surface area contributed by atoms with Gasteiger partial charge in [0.05, 0.1) is 5.60 Å². The molecule has 1 heterocycles. The first-order valence-electron chi connectivity index (χ1n) is 9.49. The van der Waals surface area contributed by atoms with Crippen LogP contribution in [0.4, 0.5) is 0 Å². The summed E-state index contributed by atoms with van der Waals surface area (Å²) < 4.78 is 5.72. The highest BCUT2D eigenvalue weighted by molar-refractivity contribution is 14.0. The Bertz CT molecular complexity index is 447. The van der Waals surface area contributed by atoms with Crippen molar-refractivity contribution in [3.8, 4) is 0 Å². The SMILES string of the molecule is CN=C(NC1CCN(CC(C)C)CC1)NC1CC(C)(OC)C1(C)C.I. The molecule has 1 aliphatic carbocycles. The first-order chi connectivity index (χ1) is 11.2. The van der Waals surface area contributed by atoms with Gasteiger partial charge in [-0.05, 0) is 32.1 Å². The van der Waals surface area contributed by atoms with E-state index in [1.54, 1.807) is 0 Å². The summed E-state index contributed by atoms with van der Waals surface area (Å²) in [5, 5.41) is 7.25. The van der Waals surface area contributed by atoms with Gasteiger partial charge in [0.25, 0.3) is 0 Å². The monoisotopic (exact) mass is 466 g/mol. The summed E-state index contributed by atoms with van der Waals surface area (Å²) in [5.41, 5.74) is 0.0473. The van der Waals surface area contributed by atoms with Gasteiger partial charge in [-0.15, -0.1) is 24.0 Å². The van der Waals surface area contributed by atoms with Crippen LogP contribution < -0.4 is 10.6 Å². The first kappa shape index (κ1) is 23.0. The van der Waals surface area contributed by atoms with Gasteiger partial charge in [0, 0.05) is 51.3 Å². The van der Waals surface area contributed by atoms with Crippen LogP contribution >= 0.6 is 24.0 Å². The first-order valence-corrected chi connectivity index (χ1v) is 9.49. The van der Waals surface area contributed by atoms with E-state index in [2.05, 4.69) is 55.1 Å². The molecule has 0 radical (unpaired) electrons. The van der Waals surface area contributed by atoms with E-state index in [9.17, 15) is 0 Å². The number of nitrogens with one attached hydrogen (secondary N) is 2. The van der Waals surface area contributed by atoms with Crippen LogP contribution in [0, 0.1) is 11.3 Å². The Labute approximate surface area is 171 Å². The molecule has 2 N–H and O–H groups in total. The van der Waals surface area contributed by atoms with Crippen molar-refractivity contribution < 1.29 is 4.74 Å². The van der Waals surface area contributed by atoms with Gasteiger partial charge in [-0.2, -0.15) is 0 Å². The highest BCUT2D eigenvalue weighted by atomic mass is 127.